The normalized spacial score (nSPS) is 17.3. The Morgan fingerprint density at radius 2 is 1.97 bits per heavy atom. The van der Waals surface area contributed by atoms with Gasteiger partial charge >= 0.3 is 0 Å². The maximum atomic E-state index is 13.0. The molecule has 2 aromatic rings. The number of hydrogen-bond acceptors (Lipinski definition) is 11. The van der Waals surface area contributed by atoms with Crippen LogP contribution in [-0.2, 0) is 26.4 Å². The first-order valence-corrected chi connectivity index (χ1v) is 12.8. The van der Waals surface area contributed by atoms with Crippen molar-refractivity contribution in [1.82, 2.24) is 9.55 Å². The van der Waals surface area contributed by atoms with Crippen LogP contribution in [0.15, 0.2) is 49.5 Å². The van der Waals surface area contributed by atoms with Crippen molar-refractivity contribution in [1.29, 1.82) is 0 Å². The largest absolute Gasteiger partial charge is 0.391 e. The van der Waals surface area contributed by atoms with E-state index < -0.39 is 41.5 Å². The van der Waals surface area contributed by atoms with Crippen LogP contribution in [-0.4, -0.2) is 68.9 Å². The lowest BCUT2D eigenvalue weighted by Crippen LogP contribution is -2.32. The van der Waals surface area contributed by atoms with Crippen molar-refractivity contribution in [3.8, 4) is 0 Å². The van der Waals surface area contributed by atoms with E-state index in [4.69, 9.17) is 10.9 Å². The number of primary sulfonamides is 1. The molecular weight excluding hydrogens is 460 g/mol. The number of nitrogens with zero attached hydrogens (tertiary/aromatic N) is 6. The Morgan fingerprint density at radius 1 is 1.19 bits per heavy atom. The number of rotatable bonds is 7. The highest BCUT2D eigenvalue weighted by molar-refractivity contribution is 7.93. The number of aromatic nitrogens is 2. The van der Waals surface area contributed by atoms with Gasteiger partial charge in [-0.25, -0.2) is 32.0 Å². The second kappa shape index (κ2) is 8.32. The van der Waals surface area contributed by atoms with Crippen molar-refractivity contribution in [2.45, 2.75) is 28.9 Å². The number of sulfone groups is 1. The number of aliphatic hydroxyl groups is 1. The molecule has 1 aromatic carbocycles. The molecule has 0 saturated carbocycles. The topological polar surface area (TPSA) is 199 Å². The molecule has 4 rings (SSSR count). The van der Waals surface area contributed by atoms with Crippen molar-refractivity contribution in [2.75, 3.05) is 30.4 Å². The van der Waals surface area contributed by atoms with Crippen molar-refractivity contribution in [3.05, 3.63) is 30.1 Å². The number of nitrogens with two attached hydrogens (primary N) is 2. The van der Waals surface area contributed by atoms with E-state index in [1.807, 2.05) is 4.57 Å². The Morgan fingerprint density at radius 3 is 2.62 bits per heavy atom. The first kappa shape index (κ1) is 22.5. The molecule has 0 radical (unpaired) electrons. The molecule has 0 fully saturated rings. The van der Waals surface area contributed by atoms with E-state index in [0.29, 0.717) is 18.2 Å². The zero-order valence-electron chi connectivity index (χ0n) is 16.9. The molecule has 13 nitrogen and oxygen atoms in total. The summed E-state index contributed by atoms with van der Waals surface area (Å²) in [5, 5.41) is 23.0. The minimum atomic E-state index is -4.58. The number of azo groups is 1. The molecule has 5 N–H and O–H groups in total. The van der Waals surface area contributed by atoms with E-state index in [1.54, 1.807) is 17.3 Å². The molecule has 172 valence electrons. The number of aliphatic hydroxyl groups excluding tert-OH is 1. The van der Waals surface area contributed by atoms with Gasteiger partial charge in [-0.2, -0.15) is 5.11 Å². The molecule has 2 aliphatic rings. The van der Waals surface area contributed by atoms with Crippen LogP contribution in [0.5, 0.6) is 0 Å². The highest BCUT2D eigenvalue weighted by Gasteiger charge is 2.35. The third-order valence-corrected chi connectivity index (χ3v) is 8.04. The minimum Gasteiger partial charge on any atom is -0.391 e. The van der Waals surface area contributed by atoms with Crippen LogP contribution in [0.1, 0.15) is 12.0 Å². The molecule has 0 spiro atoms. The fraction of sp³-hybridized carbons (Fsp3) is 0.412. The lowest BCUT2D eigenvalue weighted by atomic mass is 10.1. The van der Waals surface area contributed by atoms with Crippen LogP contribution in [0.2, 0.25) is 0 Å². The number of sulfonamides is 1. The number of fused-ring (bicyclic) bond motifs is 1. The van der Waals surface area contributed by atoms with Gasteiger partial charge in [-0.1, -0.05) is 0 Å². The summed E-state index contributed by atoms with van der Waals surface area (Å²) in [4.78, 5) is 9.02. The number of hydrogen-bond donors (Lipinski definition) is 3. The Balaban J connectivity index is 2.02. The molecule has 2 aliphatic heterocycles. The molecular formula is C17H22N8O5S2. The molecule has 1 aromatic heterocycles. The van der Waals surface area contributed by atoms with E-state index in [1.165, 1.54) is 6.07 Å². The van der Waals surface area contributed by atoms with Gasteiger partial charge in [0.25, 0.3) is 0 Å². The maximum Gasteiger partial charge on any atom is 0.240 e. The highest BCUT2D eigenvalue weighted by Crippen LogP contribution is 2.38. The summed E-state index contributed by atoms with van der Waals surface area (Å²) in [6.45, 7) is 0.881. The molecule has 3 heterocycles. The van der Waals surface area contributed by atoms with Gasteiger partial charge in [-0.15, -0.1) is 5.11 Å². The number of imidazole rings is 1. The summed E-state index contributed by atoms with van der Waals surface area (Å²) < 4.78 is 53.4. The zero-order valence-corrected chi connectivity index (χ0v) is 18.5. The summed E-state index contributed by atoms with van der Waals surface area (Å²) in [6.07, 6.45) is 2.77. The minimum absolute atomic E-state index is 0.0314. The first-order chi connectivity index (χ1) is 15.1. The number of amidine groups is 1. The molecule has 0 amide bonds. The Labute approximate surface area is 184 Å². The highest BCUT2D eigenvalue weighted by atomic mass is 32.2. The van der Waals surface area contributed by atoms with E-state index in [0.717, 1.165) is 19.0 Å². The van der Waals surface area contributed by atoms with E-state index in [2.05, 4.69) is 20.2 Å². The van der Waals surface area contributed by atoms with Crippen molar-refractivity contribution < 1.29 is 21.9 Å². The van der Waals surface area contributed by atoms with Gasteiger partial charge in [0.15, 0.2) is 22.3 Å². The van der Waals surface area contributed by atoms with E-state index >= 15 is 0 Å². The van der Waals surface area contributed by atoms with Crippen LogP contribution in [0.4, 0.5) is 11.6 Å². The van der Waals surface area contributed by atoms with Gasteiger partial charge in [0.05, 0.1) is 28.0 Å². The third-order valence-electron chi connectivity index (χ3n) is 5.08. The Kier molecular flexibility index (Phi) is 5.85. The summed E-state index contributed by atoms with van der Waals surface area (Å²) in [6, 6.07) is 2.62. The van der Waals surface area contributed by atoms with Crippen LogP contribution in [0.3, 0.4) is 0 Å². The monoisotopic (exact) mass is 482 g/mol. The second-order valence-corrected chi connectivity index (χ2v) is 10.8. The maximum absolute atomic E-state index is 13.0. The van der Waals surface area contributed by atoms with Crippen LogP contribution >= 0.6 is 0 Å². The molecule has 32 heavy (non-hydrogen) atoms. The number of aryl methyl sites for hydroxylation is 1. The predicted molar refractivity (Wildman–Crippen MR) is 115 cm³/mol. The standard InChI is InChI=1S/C17H22N8O5S2/c18-8-11(26)9-31(27,28)13-3-2-12(25-6-1-5-24-7-4-20-17(24)25)14(15(13)32(19,29)30)16-21-10-22-23-16/h2-4,7,11,26H,1,5-6,8-10,18H2,(H2,19,29,30)/t11-/m1/s1. The van der Waals surface area contributed by atoms with Gasteiger partial charge in [0.1, 0.15) is 4.90 Å². The predicted octanol–water partition coefficient (Wildman–Crippen LogP) is -0.664. The smallest absolute Gasteiger partial charge is 0.240 e. The number of benzene rings is 1. The molecule has 0 saturated heterocycles. The summed E-state index contributed by atoms with van der Waals surface area (Å²) in [5.74, 6) is -0.265. The molecule has 0 bridgehead atoms. The van der Waals surface area contributed by atoms with Crippen molar-refractivity contribution in [2.24, 2.45) is 26.1 Å². The lowest BCUT2D eigenvalue weighted by Gasteiger charge is -2.31. The van der Waals surface area contributed by atoms with Gasteiger partial charge in [0.2, 0.25) is 16.0 Å². The number of aliphatic imine (C=N–C) groups is 1. The van der Waals surface area contributed by atoms with Gasteiger partial charge in [0, 0.05) is 32.0 Å². The fourth-order valence-corrected chi connectivity index (χ4v) is 6.78. The molecule has 15 heteroatoms. The second-order valence-electron chi connectivity index (χ2n) is 7.29. The SMILES string of the molecule is NC[C@@H](O)CS(=O)(=O)c1ccc(N2CCCn3ccnc32)c(C2=NCN=N2)c1S(N)(=O)=O. The summed E-state index contributed by atoms with van der Waals surface area (Å²) in [7, 11) is -8.87. The lowest BCUT2D eigenvalue weighted by molar-refractivity contribution is 0.205. The first-order valence-electron chi connectivity index (χ1n) is 9.65. The van der Waals surface area contributed by atoms with Crippen LogP contribution in [0.25, 0.3) is 0 Å². The molecule has 0 unspecified atom stereocenters. The Hall–Kier alpha value is -2.72. The summed E-state index contributed by atoms with van der Waals surface area (Å²) in [5.41, 5.74) is 5.60. The quantitative estimate of drug-likeness (QED) is 0.461. The zero-order chi connectivity index (χ0) is 23.1. The van der Waals surface area contributed by atoms with Crippen molar-refractivity contribution in [3.63, 3.8) is 0 Å². The van der Waals surface area contributed by atoms with Crippen LogP contribution < -0.4 is 15.8 Å². The van der Waals surface area contributed by atoms with Gasteiger partial charge in [-0.05, 0) is 18.6 Å². The van der Waals surface area contributed by atoms with Crippen LogP contribution in [0, 0.1) is 0 Å². The number of anilines is 2. The Bertz CT molecular complexity index is 1320. The molecule has 1 atom stereocenters. The van der Waals surface area contributed by atoms with Gasteiger partial charge < -0.3 is 20.3 Å². The van der Waals surface area contributed by atoms with Gasteiger partial charge in [-0.3, -0.25) is 0 Å². The van der Waals surface area contributed by atoms with E-state index in [9.17, 15) is 21.9 Å². The average molecular weight is 483 g/mol. The van der Waals surface area contributed by atoms with Crippen molar-refractivity contribution >= 4 is 37.3 Å². The molecule has 0 aliphatic carbocycles. The third kappa shape index (κ3) is 4.04. The average Bonchev–Trinajstić information content (AvgIpc) is 3.43. The fourth-order valence-electron chi connectivity index (χ4n) is 3.74. The summed E-state index contributed by atoms with van der Waals surface area (Å²) >= 11 is 0. The van der Waals surface area contributed by atoms with E-state index in [-0.39, 0.29) is 24.6 Å².